The van der Waals surface area contributed by atoms with Gasteiger partial charge in [-0.05, 0) is 0 Å². The third-order valence-corrected chi connectivity index (χ3v) is 3.47. The molecule has 1 radical (unpaired) electrons. The molecule has 2 fully saturated rings. The summed E-state index contributed by atoms with van der Waals surface area (Å²) in [4.78, 5) is -0.703. The molecule has 0 aromatic carbocycles. The average molecular weight is 183 g/mol. The molecular formula is C7H12BN2OS. The van der Waals surface area contributed by atoms with E-state index >= 15 is 0 Å². The Bertz CT molecular complexity index is 190. The Labute approximate surface area is 77.6 Å². The molecule has 0 spiro atoms. The first-order chi connectivity index (χ1) is 5.72. The first-order valence-corrected chi connectivity index (χ1v) is 5.06. The van der Waals surface area contributed by atoms with E-state index < -0.39 is 4.93 Å². The van der Waals surface area contributed by atoms with Gasteiger partial charge >= 0.3 is 77.0 Å². The van der Waals surface area contributed by atoms with Crippen LogP contribution < -0.4 is 5.32 Å². The molecule has 0 aromatic heterocycles. The van der Waals surface area contributed by atoms with Crippen LogP contribution in [0, 0.1) is 0 Å². The number of aliphatic hydroxyl groups is 1. The van der Waals surface area contributed by atoms with Crippen LogP contribution in [0.3, 0.4) is 0 Å². The van der Waals surface area contributed by atoms with E-state index in [1.54, 1.807) is 0 Å². The summed E-state index contributed by atoms with van der Waals surface area (Å²) >= 11 is 1.12. The zero-order chi connectivity index (χ0) is 8.60. The predicted octanol–water partition coefficient (Wildman–Crippen LogP) is 0.590. The normalized spacial score (nSPS) is 46.0. The van der Waals surface area contributed by atoms with E-state index in [0.29, 0.717) is 12.1 Å². The van der Waals surface area contributed by atoms with Gasteiger partial charge in [-0.2, -0.15) is 0 Å². The molecule has 2 N–H and O–H groups in total. The van der Waals surface area contributed by atoms with Crippen molar-refractivity contribution in [1.29, 1.82) is 0 Å². The zero-order valence-corrected chi connectivity index (χ0v) is 7.68. The predicted molar refractivity (Wildman–Crippen MR) is 49.9 cm³/mol. The van der Waals surface area contributed by atoms with Crippen molar-refractivity contribution in [2.24, 2.45) is 4.30 Å². The van der Waals surface area contributed by atoms with Crippen LogP contribution in [-0.2, 0) is 0 Å². The molecule has 2 rings (SSSR count). The van der Waals surface area contributed by atoms with Crippen LogP contribution in [0.1, 0.15) is 25.7 Å². The fraction of sp³-hybridized carbons (Fsp3) is 1.00. The molecule has 3 nitrogen and oxygen atoms in total. The molecule has 2 heterocycles. The van der Waals surface area contributed by atoms with Crippen molar-refractivity contribution in [3.8, 4) is 0 Å². The molecule has 2 unspecified atom stereocenters. The van der Waals surface area contributed by atoms with Crippen LogP contribution in [0.5, 0.6) is 0 Å². The standard InChI is InChI=1S/C7H12BN2OS/c8-10-12-7(11)3-5-1-2-6(4-7)9-5/h5-6,9,11H,1-4H2. The summed E-state index contributed by atoms with van der Waals surface area (Å²) in [5.74, 6) is 0. The number of fused-ring (bicyclic) bond motifs is 2. The molecule has 2 aliphatic heterocycles. The number of piperidine rings is 1. The summed E-state index contributed by atoms with van der Waals surface area (Å²) in [7, 11) is 5.06. The quantitative estimate of drug-likeness (QED) is 0.374. The Morgan fingerprint density at radius 1 is 1.42 bits per heavy atom. The first-order valence-electron chi connectivity index (χ1n) is 4.29. The van der Waals surface area contributed by atoms with Gasteiger partial charge in [0, 0.05) is 0 Å². The van der Waals surface area contributed by atoms with Crippen molar-refractivity contribution in [2.45, 2.75) is 42.7 Å². The number of nitrogens with zero attached hydrogens (tertiary/aromatic N) is 1. The second-order valence-corrected chi connectivity index (χ2v) is 4.84. The van der Waals surface area contributed by atoms with Crippen LogP contribution in [0.4, 0.5) is 0 Å². The summed E-state index contributed by atoms with van der Waals surface area (Å²) < 4.78 is 3.47. The van der Waals surface area contributed by atoms with Crippen LogP contribution >= 0.6 is 11.9 Å². The van der Waals surface area contributed by atoms with Gasteiger partial charge in [0.05, 0.1) is 0 Å². The third kappa shape index (κ3) is 1.58. The monoisotopic (exact) mass is 183 g/mol. The van der Waals surface area contributed by atoms with Crippen molar-refractivity contribution >= 4 is 19.6 Å². The van der Waals surface area contributed by atoms with Gasteiger partial charge in [-0.1, -0.05) is 0 Å². The molecule has 0 aliphatic carbocycles. The first kappa shape index (κ1) is 8.72. The SMILES string of the molecule is [B]=NSC1(O)CC2CCC(C1)N2. The molecule has 2 saturated heterocycles. The van der Waals surface area contributed by atoms with Gasteiger partial charge in [0.25, 0.3) is 0 Å². The minimum absolute atomic E-state index is 0.475. The van der Waals surface area contributed by atoms with E-state index in [-0.39, 0.29) is 0 Å². The molecule has 2 bridgehead atoms. The van der Waals surface area contributed by atoms with Gasteiger partial charge < -0.3 is 0 Å². The Balaban J connectivity index is 2.04. The van der Waals surface area contributed by atoms with E-state index in [2.05, 4.69) is 9.62 Å². The van der Waals surface area contributed by atoms with Gasteiger partial charge in [-0.15, -0.1) is 0 Å². The fourth-order valence-corrected chi connectivity index (χ4v) is 3.00. The van der Waals surface area contributed by atoms with Crippen molar-refractivity contribution < 1.29 is 5.11 Å². The second-order valence-electron chi connectivity index (χ2n) is 3.69. The van der Waals surface area contributed by atoms with Crippen molar-refractivity contribution in [3.63, 3.8) is 0 Å². The van der Waals surface area contributed by atoms with Gasteiger partial charge in [0.1, 0.15) is 0 Å². The molecule has 2 aliphatic rings. The molecule has 65 valence electrons. The Morgan fingerprint density at radius 2 is 2.00 bits per heavy atom. The van der Waals surface area contributed by atoms with Crippen molar-refractivity contribution in [2.75, 3.05) is 0 Å². The summed E-state index contributed by atoms with van der Waals surface area (Å²) in [6.45, 7) is 0. The Morgan fingerprint density at radius 3 is 2.50 bits per heavy atom. The number of hydrogen-bond acceptors (Lipinski definition) is 4. The number of rotatable bonds is 2. The molecule has 0 aromatic rings. The van der Waals surface area contributed by atoms with Crippen LogP contribution in [0.2, 0.25) is 0 Å². The summed E-state index contributed by atoms with van der Waals surface area (Å²) in [6.07, 6.45) is 3.90. The zero-order valence-electron chi connectivity index (χ0n) is 6.86. The average Bonchev–Trinajstić information content (AvgIpc) is 2.31. The third-order valence-electron chi connectivity index (χ3n) is 2.69. The summed E-state index contributed by atoms with van der Waals surface area (Å²) in [5, 5.41) is 13.4. The number of nitrogens with one attached hydrogen (secondary N) is 1. The van der Waals surface area contributed by atoms with Crippen LogP contribution in [-0.4, -0.2) is 29.8 Å². The second kappa shape index (κ2) is 3.12. The van der Waals surface area contributed by atoms with Gasteiger partial charge in [0.15, 0.2) is 0 Å². The molecule has 12 heavy (non-hydrogen) atoms. The summed E-state index contributed by atoms with van der Waals surface area (Å²) in [6, 6.07) is 0.950. The van der Waals surface area contributed by atoms with Gasteiger partial charge in [-0.25, -0.2) is 0 Å². The summed E-state index contributed by atoms with van der Waals surface area (Å²) in [5.41, 5.74) is 0. The van der Waals surface area contributed by atoms with Gasteiger partial charge in [0.2, 0.25) is 0 Å². The van der Waals surface area contributed by atoms with Gasteiger partial charge in [-0.3, -0.25) is 0 Å². The van der Waals surface area contributed by atoms with Crippen molar-refractivity contribution in [1.82, 2.24) is 5.32 Å². The topological polar surface area (TPSA) is 44.6 Å². The number of hydrogen-bond donors (Lipinski definition) is 2. The van der Waals surface area contributed by atoms with E-state index in [0.717, 1.165) is 24.8 Å². The maximum atomic E-state index is 10.0. The molecular weight excluding hydrogens is 171 g/mol. The van der Waals surface area contributed by atoms with E-state index in [1.165, 1.54) is 12.8 Å². The van der Waals surface area contributed by atoms with E-state index in [9.17, 15) is 5.11 Å². The maximum absolute atomic E-state index is 10.0. The minimum atomic E-state index is -0.703. The molecule has 2 atom stereocenters. The van der Waals surface area contributed by atoms with Crippen LogP contribution in [0.25, 0.3) is 0 Å². The van der Waals surface area contributed by atoms with E-state index in [4.69, 9.17) is 7.64 Å². The Hall–Kier alpha value is 0.135. The van der Waals surface area contributed by atoms with E-state index in [1.807, 2.05) is 0 Å². The fourth-order valence-electron chi connectivity index (χ4n) is 2.25. The molecule has 5 heteroatoms. The van der Waals surface area contributed by atoms with Crippen molar-refractivity contribution in [3.05, 3.63) is 0 Å². The van der Waals surface area contributed by atoms with Crippen LogP contribution in [0.15, 0.2) is 4.30 Å². The molecule has 0 amide bonds. The Kier molecular flexibility index (Phi) is 2.27. The molecule has 0 saturated carbocycles.